The molecule has 0 saturated carbocycles. The molecular formula is C14H21N3O. The van der Waals surface area contributed by atoms with Crippen molar-refractivity contribution >= 4 is 11.2 Å². The number of methoxy groups -OCH3 is 1. The van der Waals surface area contributed by atoms with Crippen LogP contribution in [-0.2, 0) is 11.2 Å². The highest BCUT2D eigenvalue weighted by Gasteiger charge is 2.17. The van der Waals surface area contributed by atoms with Crippen molar-refractivity contribution in [3.05, 3.63) is 24.2 Å². The van der Waals surface area contributed by atoms with Gasteiger partial charge < -0.3 is 9.30 Å². The first-order valence-corrected chi connectivity index (χ1v) is 6.62. The number of imidazole rings is 1. The highest BCUT2D eigenvalue weighted by atomic mass is 16.5. The summed E-state index contributed by atoms with van der Waals surface area (Å²) in [6.07, 6.45) is 4.84. The Balaban J connectivity index is 2.45. The molecule has 0 amide bonds. The maximum atomic E-state index is 5.20. The Morgan fingerprint density at radius 2 is 2.22 bits per heavy atom. The van der Waals surface area contributed by atoms with Gasteiger partial charge in [0, 0.05) is 32.4 Å². The van der Waals surface area contributed by atoms with Gasteiger partial charge in [0.1, 0.15) is 11.3 Å². The molecule has 98 valence electrons. The predicted molar refractivity (Wildman–Crippen MR) is 72.7 cm³/mol. The van der Waals surface area contributed by atoms with Crippen molar-refractivity contribution in [1.29, 1.82) is 0 Å². The molecule has 0 aliphatic heterocycles. The lowest BCUT2D eigenvalue weighted by atomic mass is 10.1. The molecule has 4 heteroatoms. The number of aromatic nitrogens is 3. The number of aryl methyl sites for hydroxylation is 1. The molecule has 0 fully saturated rings. The number of ether oxygens (including phenoxy) is 1. The first-order valence-electron chi connectivity index (χ1n) is 6.62. The second-order valence-electron chi connectivity index (χ2n) is 4.44. The third-order valence-corrected chi connectivity index (χ3v) is 3.33. The first kappa shape index (κ1) is 13.0. The van der Waals surface area contributed by atoms with Crippen LogP contribution >= 0.6 is 0 Å². The lowest BCUT2D eigenvalue weighted by molar-refractivity contribution is 0.177. The van der Waals surface area contributed by atoms with Gasteiger partial charge in [-0.05, 0) is 25.0 Å². The molecule has 0 bridgehead atoms. The zero-order valence-corrected chi connectivity index (χ0v) is 11.4. The van der Waals surface area contributed by atoms with E-state index in [0.29, 0.717) is 6.04 Å². The van der Waals surface area contributed by atoms with Crippen LogP contribution in [0.25, 0.3) is 11.2 Å². The zero-order valence-electron chi connectivity index (χ0n) is 11.4. The molecule has 0 radical (unpaired) electrons. The molecule has 1 unspecified atom stereocenters. The first-order chi connectivity index (χ1) is 8.81. The van der Waals surface area contributed by atoms with E-state index in [1.165, 1.54) is 0 Å². The average molecular weight is 247 g/mol. The molecule has 0 saturated heterocycles. The normalized spacial score (nSPS) is 13.1. The van der Waals surface area contributed by atoms with Gasteiger partial charge in [-0.15, -0.1) is 0 Å². The number of nitrogens with zero attached hydrogens (tertiary/aromatic N) is 3. The fourth-order valence-corrected chi connectivity index (χ4v) is 2.38. The molecular weight excluding hydrogens is 226 g/mol. The summed E-state index contributed by atoms with van der Waals surface area (Å²) in [5, 5.41) is 0. The topological polar surface area (TPSA) is 39.9 Å². The highest BCUT2D eigenvalue weighted by Crippen LogP contribution is 2.24. The van der Waals surface area contributed by atoms with Crippen LogP contribution in [0.1, 0.15) is 38.6 Å². The van der Waals surface area contributed by atoms with Gasteiger partial charge in [-0.2, -0.15) is 0 Å². The Kier molecular flexibility index (Phi) is 4.31. The molecule has 2 rings (SSSR count). The predicted octanol–water partition coefficient (Wildman–Crippen LogP) is 2.98. The van der Waals surface area contributed by atoms with Gasteiger partial charge in [0.25, 0.3) is 0 Å². The fraction of sp³-hybridized carbons (Fsp3) is 0.571. The molecule has 0 aromatic carbocycles. The van der Waals surface area contributed by atoms with Crippen molar-refractivity contribution in [2.24, 2.45) is 0 Å². The van der Waals surface area contributed by atoms with Gasteiger partial charge >= 0.3 is 0 Å². The summed E-state index contributed by atoms with van der Waals surface area (Å²) in [4.78, 5) is 9.15. The van der Waals surface area contributed by atoms with Crippen LogP contribution in [0.3, 0.4) is 0 Å². The molecule has 2 aromatic heterocycles. The Hall–Kier alpha value is -1.42. The van der Waals surface area contributed by atoms with Gasteiger partial charge in [0.15, 0.2) is 5.65 Å². The van der Waals surface area contributed by atoms with Crippen LogP contribution in [0, 0.1) is 0 Å². The maximum absolute atomic E-state index is 5.20. The number of rotatable bonds is 6. The Morgan fingerprint density at radius 3 is 2.89 bits per heavy atom. The van der Waals surface area contributed by atoms with Crippen molar-refractivity contribution in [1.82, 2.24) is 14.5 Å². The van der Waals surface area contributed by atoms with Crippen molar-refractivity contribution in [2.45, 2.75) is 39.2 Å². The van der Waals surface area contributed by atoms with Gasteiger partial charge in [-0.3, -0.25) is 0 Å². The van der Waals surface area contributed by atoms with Crippen LogP contribution in [0.15, 0.2) is 18.3 Å². The summed E-state index contributed by atoms with van der Waals surface area (Å²) in [6.45, 7) is 5.11. The molecule has 0 spiro atoms. The summed E-state index contributed by atoms with van der Waals surface area (Å²) < 4.78 is 7.49. The van der Waals surface area contributed by atoms with E-state index in [-0.39, 0.29) is 0 Å². The Labute approximate surface area is 108 Å². The Morgan fingerprint density at radius 1 is 1.39 bits per heavy atom. The van der Waals surface area contributed by atoms with E-state index in [4.69, 9.17) is 4.74 Å². The zero-order chi connectivity index (χ0) is 13.0. The smallest absolute Gasteiger partial charge is 0.160 e. The lowest BCUT2D eigenvalue weighted by Gasteiger charge is -2.19. The molecule has 1 atom stereocenters. The summed E-state index contributed by atoms with van der Waals surface area (Å²) in [7, 11) is 1.75. The van der Waals surface area contributed by atoms with Crippen molar-refractivity contribution in [2.75, 3.05) is 13.7 Å². The van der Waals surface area contributed by atoms with Gasteiger partial charge in [-0.25, -0.2) is 9.97 Å². The average Bonchev–Trinajstić information content (AvgIpc) is 2.79. The SMILES string of the molecule is CCc1nc2cccnc2n1C(CC)CCOC. The minimum Gasteiger partial charge on any atom is -0.385 e. The molecule has 4 nitrogen and oxygen atoms in total. The summed E-state index contributed by atoms with van der Waals surface area (Å²) in [6, 6.07) is 4.38. The molecule has 2 heterocycles. The maximum Gasteiger partial charge on any atom is 0.160 e. The van der Waals surface area contributed by atoms with Crippen LogP contribution in [0.4, 0.5) is 0 Å². The Bertz CT molecular complexity index is 507. The second-order valence-corrected chi connectivity index (χ2v) is 4.44. The van der Waals surface area contributed by atoms with Crippen molar-refractivity contribution in [3.63, 3.8) is 0 Å². The third kappa shape index (κ3) is 2.38. The quantitative estimate of drug-likeness (QED) is 0.788. The minimum absolute atomic E-state index is 0.416. The van der Waals surface area contributed by atoms with Gasteiger partial charge in [0.05, 0.1) is 0 Å². The largest absolute Gasteiger partial charge is 0.385 e. The van der Waals surface area contributed by atoms with Gasteiger partial charge in [-0.1, -0.05) is 13.8 Å². The lowest BCUT2D eigenvalue weighted by Crippen LogP contribution is -2.14. The van der Waals surface area contributed by atoms with Crippen LogP contribution in [0.5, 0.6) is 0 Å². The minimum atomic E-state index is 0.416. The van der Waals surface area contributed by atoms with Crippen LogP contribution in [0.2, 0.25) is 0 Å². The number of fused-ring (bicyclic) bond motifs is 1. The van der Waals surface area contributed by atoms with Crippen LogP contribution in [-0.4, -0.2) is 28.3 Å². The van der Waals surface area contributed by atoms with E-state index in [1.807, 2.05) is 18.3 Å². The van der Waals surface area contributed by atoms with Crippen LogP contribution < -0.4 is 0 Å². The highest BCUT2D eigenvalue weighted by molar-refractivity contribution is 5.71. The summed E-state index contributed by atoms with van der Waals surface area (Å²) in [5.74, 6) is 1.12. The summed E-state index contributed by atoms with van der Waals surface area (Å²) in [5.41, 5.74) is 1.99. The van der Waals surface area contributed by atoms with Gasteiger partial charge in [0.2, 0.25) is 0 Å². The van der Waals surface area contributed by atoms with E-state index in [2.05, 4.69) is 28.4 Å². The van der Waals surface area contributed by atoms with E-state index in [0.717, 1.165) is 42.9 Å². The molecule has 18 heavy (non-hydrogen) atoms. The number of hydrogen-bond acceptors (Lipinski definition) is 3. The third-order valence-electron chi connectivity index (χ3n) is 3.33. The second kappa shape index (κ2) is 5.96. The fourth-order valence-electron chi connectivity index (χ4n) is 2.38. The van der Waals surface area contributed by atoms with E-state index in [9.17, 15) is 0 Å². The summed E-state index contributed by atoms with van der Waals surface area (Å²) >= 11 is 0. The number of hydrogen-bond donors (Lipinski definition) is 0. The molecule has 0 N–H and O–H groups in total. The van der Waals surface area contributed by atoms with E-state index < -0.39 is 0 Å². The monoisotopic (exact) mass is 247 g/mol. The van der Waals surface area contributed by atoms with E-state index in [1.54, 1.807) is 7.11 Å². The standard InChI is InChI=1S/C14H21N3O/c1-4-11(8-10-18-3)17-13(5-2)16-12-7-6-9-15-14(12)17/h6-7,9,11H,4-5,8,10H2,1-3H3. The van der Waals surface area contributed by atoms with E-state index >= 15 is 0 Å². The van der Waals surface area contributed by atoms with Crippen molar-refractivity contribution < 1.29 is 4.74 Å². The molecule has 0 aliphatic carbocycles. The van der Waals surface area contributed by atoms with Crippen molar-refractivity contribution in [3.8, 4) is 0 Å². The number of pyridine rings is 1. The molecule has 2 aromatic rings. The molecule has 0 aliphatic rings.